The average molecular weight is 339 g/mol. The molecule has 20 heavy (non-hydrogen) atoms. The zero-order chi connectivity index (χ0) is 14.7. The third-order valence-corrected chi connectivity index (χ3v) is 3.37. The first kappa shape index (κ1) is 14.3. The minimum absolute atomic E-state index is 0.214. The van der Waals surface area contributed by atoms with Gasteiger partial charge in [0.2, 0.25) is 0 Å². The standard InChI is InChI=1S/C14H12BrFN2O2/c1-20-12-4-2-3-10(17)13(12)14(19)18-11-7-8(16)5-6-9(11)15/h2-7H,17H2,1H3,(H,18,19). The Kier molecular flexibility index (Phi) is 4.24. The first-order chi connectivity index (χ1) is 9.52. The molecule has 0 saturated carbocycles. The Labute approximate surface area is 123 Å². The predicted molar refractivity (Wildman–Crippen MR) is 79.5 cm³/mol. The molecule has 6 heteroatoms. The highest BCUT2D eigenvalue weighted by Crippen LogP contribution is 2.28. The van der Waals surface area contributed by atoms with Gasteiger partial charge in [0.1, 0.15) is 17.1 Å². The van der Waals surface area contributed by atoms with E-state index in [9.17, 15) is 9.18 Å². The zero-order valence-electron chi connectivity index (χ0n) is 10.6. The number of amides is 1. The van der Waals surface area contributed by atoms with Crippen LogP contribution in [0.3, 0.4) is 0 Å². The number of hydrogen-bond acceptors (Lipinski definition) is 3. The van der Waals surface area contributed by atoms with Crippen LogP contribution in [0, 0.1) is 5.82 Å². The fourth-order valence-electron chi connectivity index (χ4n) is 1.74. The first-order valence-electron chi connectivity index (χ1n) is 5.72. The van der Waals surface area contributed by atoms with E-state index >= 15 is 0 Å². The van der Waals surface area contributed by atoms with E-state index in [1.54, 1.807) is 18.2 Å². The number of carbonyl (C=O) groups is 1. The van der Waals surface area contributed by atoms with Gasteiger partial charge in [0, 0.05) is 10.2 Å². The van der Waals surface area contributed by atoms with Crippen LogP contribution in [0.1, 0.15) is 10.4 Å². The molecule has 1 amide bonds. The number of nitrogen functional groups attached to an aromatic ring is 1. The average Bonchev–Trinajstić information content (AvgIpc) is 2.42. The molecule has 0 aliphatic carbocycles. The van der Waals surface area contributed by atoms with Crippen molar-refractivity contribution in [3.63, 3.8) is 0 Å². The number of nitrogens with one attached hydrogen (secondary N) is 1. The van der Waals surface area contributed by atoms with E-state index < -0.39 is 11.7 Å². The first-order valence-corrected chi connectivity index (χ1v) is 6.51. The molecular formula is C14H12BrFN2O2. The second-order valence-corrected chi connectivity index (χ2v) is 4.86. The minimum Gasteiger partial charge on any atom is -0.496 e. The van der Waals surface area contributed by atoms with Gasteiger partial charge in [0.05, 0.1) is 12.8 Å². The molecule has 2 aromatic rings. The molecule has 0 radical (unpaired) electrons. The van der Waals surface area contributed by atoms with Gasteiger partial charge in [-0.2, -0.15) is 0 Å². The molecule has 104 valence electrons. The van der Waals surface area contributed by atoms with Gasteiger partial charge in [-0.3, -0.25) is 4.79 Å². The maximum absolute atomic E-state index is 13.2. The van der Waals surface area contributed by atoms with Crippen molar-refractivity contribution in [1.29, 1.82) is 0 Å². The summed E-state index contributed by atoms with van der Waals surface area (Å²) in [6, 6.07) is 8.92. The minimum atomic E-state index is -0.466. The van der Waals surface area contributed by atoms with Crippen LogP contribution in [-0.2, 0) is 0 Å². The molecular weight excluding hydrogens is 327 g/mol. The largest absolute Gasteiger partial charge is 0.496 e. The zero-order valence-corrected chi connectivity index (χ0v) is 12.2. The van der Waals surface area contributed by atoms with Gasteiger partial charge in [-0.25, -0.2) is 4.39 Å². The summed E-state index contributed by atoms with van der Waals surface area (Å²) in [5.41, 5.74) is 6.61. The third kappa shape index (κ3) is 2.91. The van der Waals surface area contributed by atoms with Crippen molar-refractivity contribution in [1.82, 2.24) is 0 Å². The van der Waals surface area contributed by atoms with Crippen LogP contribution in [-0.4, -0.2) is 13.0 Å². The van der Waals surface area contributed by atoms with E-state index in [-0.39, 0.29) is 11.3 Å². The number of hydrogen-bond donors (Lipinski definition) is 2. The van der Waals surface area contributed by atoms with Gasteiger partial charge in [-0.1, -0.05) is 6.07 Å². The number of methoxy groups -OCH3 is 1. The lowest BCUT2D eigenvalue weighted by Crippen LogP contribution is -2.15. The van der Waals surface area contributed by atoms with Crippen LogP contribution in [0.15, 0.2) is 40.9 Å². The quantitative estimate of drug-likeness (QED) is 0.842. The normalized spacial score (nSPS) is 10.2. The molecule has 0 aliphatic rings. The summed E-state index contributed by atoms with van der Waals surface area (Å²) in [4.78, 5) is 12.3. The van der Waals surface area contributed by atoms with Gasteiger partial charge in [-0.15, -0.1) is 0 Å². The maximum Gasteiger partial charge on any atom is 0.261 e. The van der Waals surface area contributed by atoms with Crippen LogP contribution in [0.2, 0.25) is 0 Å². The Morgan fingerprint density at radius 1 is 1.35 bits per heavy atom. The summed E-state index contributed by atoms with van der Waals surface area (Å²) in [5.74, 6) is -0.558. The second-order valence-electron chi connectivity index (χ2n) is 4.00. The highest BCUT2D eigenvalue weighted by Gasteiger charge is 2.17. The molecule has 0 unspecified atom stereocenters. The van der Waals surface area contributed by atoms with Crippen molar-refractivity contribution in [3.05, 3.63) is 52.3 Å². The van der Waals surface area contributed by atoms with E-state index in [4.69, 9.17) is 10.5 Å². The highest BCUT2D eigenvalue weighted by molar-refractivity contribution is 9.10. The lowest BCUT2D eigenvalue weighted by Gasteiger charge is -2.12. The van der Waals surface area contributed by atoms with Crippen LogP contribution < -0.4 is 15.8 Å². The Hall–Kier alpha value is -2.08. The van der Waals surface area contributed by atoms with E-state index in [0.717, 1.165) is 0 Å². The summed E-state index contributed by atoms with van der Waals surface area (Å²) >= 11 is 3.24. The Balaban J connectivity index is 2.36. The molecule has 0 aromatic heterocycles. The summed E-state index contributed by atoms with van der Waals surface area (Å²) in [7, 11) is 1.45. The lowest BCUT2D eigenvalue weighted by molar-refractivity contribution is 0.102. The van der Waals surface area contributed by atoms with Crippen molar-refractivity contribution in [2.45, 2.75) is 0 Å². The fraction of sp³-hybridized carbons (Fsp3) is 0.0714. The molecule has 2 rings (SSSR count). The van der Waals surface area contributed by atoms with Crippen LogP contribution >= 0.6 is 15.9 Å². The highest BCUT2D eigenvalue weighted by atomic mass is 79.9. The number of nitrogens with two attached hydrogens (primary N) is 1. The topological polar surface area (TPSA) is 64.3 Å². The van der Waals surface area contributed by atoms with E-state index in [1.807, 2.05) is 0 Å². The van der Waals surface area contributed by atoms with Gasteiger partial charge < -0.3 is 15.8 Å². The maximum atomic E-state index is 13.2. The molecule has 2 aromatic carbocycles. The third-order valence-electron chi connectivity index (χ3n) is 2.68. The predicted octanol–water partition coefficient (Wildman–Crippen LogP) is 3.43. The van der Waals surface area contributed by atoms with Gasteiger partial charge >= 0.3 is 0 Å². The van der Waals surface area contributed by atoms with Crippen molar-refractivity contribution >= 4 is 33.2 Å². The molecule has 4 nitrogen and oxygen atoms in total. The number of rotatable bonds is 3. The Bertz CT molecular complexity index is 662. The van der Waals surface area contributed by atoms with Gasteiger partial charge in [0.25, 0.3) is 5.91 Å². The van der Waals surface area contributed by atoms with E-state index in [0.29, 0.717) is 15.9 Å². The van der Waals surface area contributed by atoms with Crippen LogP contribution in [0.5, 0.6) is 5.75 Å². The molecule has 0 aliphatic heterocycles. The van der Waals surface area contributed by atoms with E-state index in [2.05, 4.69) is 21.2 Å². The Morgan fingerprint density at radius 3 is 2.80 bits per heavy atom. The van der Waals surface area contributed by atoms with Crippen molar-refractivity contribution in [2.24, 2.45) is 0 Å². The van der Waals surface area contributed by atoms with Crippen LogP contribution in [0.25, 0.3) is 0 Å². The van der Waals surface area contributed by atoms with Gasteiger partial charge in [0.15, 0.2) is 0 Å². The van der Waals surface area contributed by atoms with Crippen molar-refractivity contribution in [2.75, 3.05) is 18.2 Å². The summed E-state index contributed by atoms with van der Waals surface area (Å²) < 4.78 is 18.9. The summed E-state index contributed by atoms with van der Waals surface area (Å²) in [5, 5.41) is 2.60. The number of halogens is 2. The van der Waals surface area contributed by atoms with Gasteiger partial charge in [-0.05, 0) is 46.3 Å². The molecule has 0 bridgehead atoms. The molecule has 0 atom stereocenters. The summed E-state index contributed by atoms with van der Waals surface area (Å²) in [6.45, 7) is 0. The Morgan fingerprint density at radius 2 is 2.10 bits per heavy atom. The monoisotopic (exact) mass is 338 g/mol. The van der Waals surface area contributed by atoms with Crippen molar-refractivity contribution < 1.29 is 13.9 Å². The lowest BCUT2D eigenvalue weighted by atomic mass is 10.1. The number of carbonyl (C=O) groups excluding carboxylic acids is 1. The second kappa shape index (κ2) is 5.92. The molecule has 0 spiro atoms. The fourth-order valence-corrected chi connectivity index (χ4v) is 2.09. The molecule has 3 N–H and O–H groups in total. The van der Waals surface area contributed by atoms with E-state index in [1.165, 1.54) is 25.3 Å². The van der Waals surface area contributed by atoms with Crippen molar-refractivity contribution in [3.8, 4) is 5.75 Å². The molecule has 0 heterocycles. The smallest absolute Gasteiger partial charge is 0.261 e. The molecule has 0 fully saturated rings. The van der Waals surface area contributed by atoms with Crippen LogP contribution in [0.4, 0.5) is 15.8 Å². The summed E-state index contributed by atoms with van der Waals surface area (Å²) in [6.07, 6.45) is 0. The number of benzene rings is 2. The number of anilines is 2. The number of ether oxygens (including phenoxy) is 1. The SMILES string of the molecule is COc1cccc(N)c1C(=O)Nc1cc(F)ccc1Br. The molecule has 0 saturated heterocycles.